The Morgan fingerprint density at radius 2 is 1.89 bits per heavy atom. The van der Waals surface area contributed by atoms with Crippen LogP contribution in [0.3, 0.4) is 0 Å². The van der Waals surface area contributed by atoms with Gasteiger partial charge in [-0.05, 0) is 30.6 Å². The number of anilines is 1. The quantitative estimate of drug-likeness (QED) is 0.390. The van der Waals surface area contributed by atoms with Gasteiger partial charge in [-0.2, -0.15) is 11.8 Å². The molecular formula is C25H30N4O5S. The number of hydrogen-bond acceptors (Lipinski definition) is 7. The number of hydrogen-bond donors (Lipinski definition) is 2. The van der Waals surface area contributed by atoms with Crippen molar-refractivity contribution in [3.8, 4) is 11.4 Å². The molecule has 0 aliphatic carbocycles. The Morgan fingerprint density at radius 3 is 2.54 bits per heavy atom. The lowest BCUT2D eigenvalue weighted by molar-refractivity contribution is -0.142. The zero-order valence-electron chi connectivity index (χ0n) is 20.3. The van der Waals surface area contributed by atoms with Gasteiger partial charge in [0.25, 0.3) is 5.91 Å². The highest BCUT2D eigenvalue weighted by atomic mass is 32.2. The molecule has 1 atom stereocenters. The highest BCUT2D eigenvalue weighted by Crippen LogP contribution is 2.30. The summed E-state index contributed by atoms with van der Waals surface area (Å²) < 4.78 is 11.7. The fourth-order valence-corrected chi connectivity index (χ4v) is 4.17. The minimum atomic E-state index is -0.779. The maximum Gasteiger partial charge on any atom is 0.328 e. The number of esters is 1. The van der Waals surface area contributed by atoms with Crippen molar-refractivity contribution in [2.75, 3.05) is 38.2 Å². The number of amides is 2. The minimum Gasteiger partial charge on any atom is -0.467 e. The Labute approximate surface area is 208 Å². The maximum atomic E-state index is 13.2. The van der Waals surface area contributed by atoms with Crippen LogP contribution in [0.5, 0.6) is 0 Å². The van der Waals surface area contributed by atoms with E-state index in [1.165, 1.54) is 14.2 Å². The van der Waals surface area contributed by atoms with Crippen molar-refractivity contribution >= 4 is 46.3 Å². The summed E-state index contributed by atoms with van der Waals surface area (Å²) in [5, 5.41) is 5.64. The van der Waals surface area contributed by atoms with Gasteiger partial charge in [-0.1, -0.05) is 30.3 Å². The third-order valence-electron chi connectivity index (χ3n) is 5.47. The lowest BCUT2D eigenvalue weighted by Gasteiger charge is -2.17. The van der Waals surface area contributed by atoms with Gasteiger partial charge >= 0.3 is 5.97 Å². The number of nitrogens with one attached hydrogen (secondary N) is 2. The molecule has 0 fully saturated rings. The van der Waals surface area contributed by atoms with Crippen LogP contribution in [0.4, 0.5) is 5.69 Å². The topological polar surface area (TPSA) is 112 Å². The van der Waals surface area contributed by atoms with E-state index in [-0.39, 0.29) is 24.5 Å². The van der Waals surface area contributed by atoms with Gasteiger partial charge in [-0.15, -0.1) is 0 Å². The number of rotatable bonds is 11. The van der Waals surface area contributed by atoms with Crippen LogP contribution < -0.4 is 10.6 Å². The Kier molecular flexibility index (Phi) is 9.27. The van der Waals surface area contributed by atoms with E-state index in [4.69, 9.17) is 14.5 Å². The van der Waals surface area contributed by atoms with Gasteiger partial charge in [0.1, 0.15) is 11.9 Å². The van der Waals surface area contributed by atoms with Gasteiger partial charge < -0.3 is 24.7 Å². The van der Waals surface area contributed by atoms with Gasteiger partial charge in [0, 0.05) is 25.3 Å². The van der Waals surface area contributed by atoms with E-state index in [0.717, 1.165) is 5.56 Å². The molecule has 2 aromatic carbocycles. The number of carbonyl (C=O) groups excluding carboxylic acids is 3. The normalized spacial score (nSPS) is 11.8. The van der Waals surface area contributed by atoms with Crippen LogP contribution in [0.15, 0.2) is 42.5 Å². The van der Waals surface area contributed by atoms with Crippen LogP contribution in [0.2, 0.25) is 0 Å². The first-order valence-corrected chi connectivity index (χ1v) is 12.5. The first kappa shape index (κ1) is 26.2. The first-order chi connectivity index (χ1) is 16.9. The second-order valence-corrected chi connectivity index (χ2v) is 8.86. The Balaban J connectivity index is 2.04. The molecule has 10 heteroatoms. The van der Waals surface area contributed by atoms with Gasteiger partial charge in [-0.3, -0.25) is 9.59 Å². The summed E-state index contributed by atoms with van der Waals surface area (Å²) in [6.45, 7) is 0.270. The average Bonchev–Trinajstić information content (AvgIpc) is 3.21. The fourth-order valence-electron chi connectivity index (χ4n) is 3.70. The van der Waals surface area contributed by atoms with Crippen molar-refractivity contribution < 1.29 is 23.9 Å². The Morgan fingerprint density at radius 1 is 1.14 bits per heavy atom. The molecule has 0 aliphatic heterocycles. The van der Waals surface area contributed by atoms with Crippen LogP contribution >= 0.6 is 11.8 Å². The van der Waals surface area contributed by atoms with E-state index in [0.29, 0.717) is 34.7 Å². The Hall–Kier alpha value is -3.37. The second kappa shape index (κ2) is 12.4. The first-order valence-electron chi connectivity index (χ1n) is 11.1. The number of aryl methyl sites for hydroxylation is 1. The predicted octanol–water partition coefficient (Wildman–Crippen LogP) is 3.24. The number of ether oxygens (including phenoxy) is 2. The van der Waals surface area contributed by atoms with Crippen molar-refractivity contribution in [3.63, 3.8) is 0 Å². The standard InChI is InChI=1S/C25H30N4O5S/c1-29-22-19(26-21(30)10-12-33-2)14-17(24(31)28-18(11-13-35-4)25(32)34-3)15-20(22)27-23(29)16-8-6-5-7-9-16/h5-9,14-15,18H,10-13H2,1-4H3,(H,26,30)(H,28,31)/t18-/m0/s1. The minimum absolute atomic E-state index is 0.164. The van der Waals surface area contributed by atoms with Crippen LogP contribution in [0.1, 0.15) is 23.2 Å². The summed E-state index contributed by atoms with van der Waals surface area (Å²) in [6, 6.07) is 12.1. The van der Waals surface area contributed by atoms with Crippen molar-refractivity contribution in [3.05, 3.63) is 48.0 Å². The van der Waals surface area contributed by atoms with E-state index < -0.39 is 17.9 Å². The van der Waals surface area contributed by atoms with E-state index in [1.807, 2.05) is 48.2 Å². The summed E-state index contributed by atoms with van der Waals surface area (Å²) in [6.07, 6.45) is 2.52. The lowest BCUT2D eigenvalue weighted by Crippen LogP contribution is -2.42. The Bertz CT molecular complexity index is 1200. The summed E-state index contributed by atoms with van der Waals surface area (Å²) in [4.78, 5) is 42.6. The molecule has 0 saturated heterocycles. The number of imidazole rings is 1. The zero-order chi connectivity index (χ0) is 25.4. The van der Waals surface area contributed by atoms with Crippen molar-refractivity contribution in [1.82, 2.24) is 14.9 Å². The SMILES string of the molecule is COCCC(=O)Nc1cc(C(=O)N[C@@H](CCSC)C(=O)OC)cc2nc(-c3ccccc3)n(C)c12. The van der Waals surface area contributed by atoms with E-state index in [1.54, 1.807) is 23.9 Å². The van der Waals surface area contributed by atoms with Crippen LogP contribution in [-0.2, 0) is 26.1 Å². The molecule has 35 heavy (non-hydrogen) atoms. The van der Waals surface area contributed by atoms with Crippen molar-refractivity contribution in [2.24, 2.45) is 7.05 Å². The van der Waals surface area contributed by atoms with Crippen molar-refractivity contribution in [2.45, 2.75) is 18.9 Å². The maximum absolute atomic E-state index is 13.2. The van der Waals surface area contributed by atoms with Crippen LogP contribution in [-0.4, -0.2) is 66.2 Å². The average molecular weight is 499 g/mol. The van der Waals surface area contributed by atoms with E-state index in [9.17, 15) is 14.4 Å². The third kappa shape index (κ3) is 6.40. The van der Waals surface area contributed by atoms with E-state index in [2.05, 4.69) is 10.6 Å². The molecular weight excluding hydrogens is 468 g/mol. The number of benzene rings is 2. The zero-order valence-corrected chi connectivity index (χ0v) is 21.1. The molecule has 0 saturated carbocycles. The summed E-state index contributed by atoms with van der Waals surface area (Å²) in [5.41, 5.74) is 2.84. The molecule has 186 valence electrons. The second-order valence-electron chi connectivity index (χ2n) is 7.87. The molecule has 1 aromatic heterocycles. The molecule has 0 bridgehead atoms. The van der Waals surface area contributed by atoms with Crippen molar-refractivity contribution in [1.29, 1.82) is 0 Å². The monoisotopic (exact) mass is 498 g/mol. The molecule has 3 rings (SSSR count). The molecule has 1 heterocycles. The molecule has 0 spiro atoms. The molecule has 9 nitrogen and oxygen atoms in total. The number of fused-ring (bicyclic) bond motifs is 1. The highest BCUT2D eigenvalue weighted by molar-refractivity contribution is 7.98. The van der Waals surface area contributed by atoms with E-state index >= 15 is 0 Å². The number of thioether (sulfide) groups is 1. The molecule has 0 radical (unpaired) electrons. The molecule has 0 unspecified atom stereocenters. The smallest absolute Gasteiger partial charge is 0.328 e. The summed E-state index contributed by atoms with van der Waals surface area (Å²) in [5.74, 6) is 0.160. The van der Waals surface area contributed by atoms with Crippen LogP contribution in [0.25, 0.3) is 22.4 Å². The predicted molar refractivity (Wildman–Crippen MR) is 138 cm³/mol. The van der Waals surface area contributed by atoms with Gasteiger partial charge in [0.15, 0.2) is 0 Å². The number of methoxy groups -OCH3 is 2. The third-order valence-corrected chi connectivity index (χ3v) is 6.12. The molecule has 0 aliphatic rings. The number of carbonyl (C=O) groups is 3. The fraction of sp³-hybridized carbons (Fsp3) is 0.360. The molecule has 2 N–H and O–H groups in total. The summed E-state index contributed by atoms with van der Waals surface area (Å²) >= 11 is 1.57. The molecule has 3 aromatic rings. The largest absolute Gasteiger partial charge is 0.467 e. The summed E-state index contributed by atoms with van der Waals surface area (Å²) in [7, 11) is 4.68. The van der Waals surface area contributed by atoms with Gasteiger partial charge in [-0.25, -0.2) is 9.78 Å². The number of nitrogens with zero attached hydrogens (tertiary/aromatic N) is 2. The number of aromatic nitrogens is 2. The van der Waals surface area contributed by atoms with Gasteiger partial charge in [0.05, 0.1) is 36.9 Å². The lowest BCUT2D eigenvalue weighted by atomic mass is 10.1. The highest BCUT2D eigenvalue weighted by Gasteiger charge is 2.24. The van der Waals surface area contributed by atoms with Gasteiger partial charge in [0.2, 0.25) is 5.91 Å². The van der Waals surface area contributed by atoms with Crippen LogP contribution in [0, 0.1) is 0 Å². The molecule has 2 amide bonds.